The van der Waals surface area contributed by atoms with Gasteiger partial charge in [0.1, 0.15) is 0 Å². The van der Waals surface area contributed by atoms with Crippen molar-refractivity contribution in [1.82, 2.24) is 0 Å². The third-order valence-corrected chi connectivity index (χ3v) is 2.66. The summed E-state index contributed by atoms with van der Waals surface area (Å²) >= 11 is 0. The maximum atomic E-state index is 11.2. The molecule has 0 unspecified atom stereocenters. The molecule has 0 amide bonds. The number of hydrogen-bond donors (Lipinski definition) is 1. The van der Waals surface area contributed by atoms with Crippen molar-refractivity contribution in [3.63, 3.8) is 0 Å². The molecule has 1 rings (SSSR count). The van der Waals surface area contributed by atoms with E-state index in [2.05, 4.69) is 0 Å². The molecule has 3 heteroatoms. The van der Waals surface area contributed by atoms with E-state index in [-0.39, 0.29) is 5.78 Å². The summed E-state index contributed by atoms with van der Waals surface area (Å²) in [5.41, 5.74) is 3.61. The highest BCUT2D eigenvalue weighted by atomic mass is 16.2. The Labute approximate surface area is 85.1 Å². The fourth-order valence-electron chi connectivity index (χ4n) is 1.68. The first-order valence-corrected chi connectivity index (χ1v) is 4.74. The van der Waals surface area contributed by atoms with Crippen LogP contribution in [-0.4, -0.2) is 17.7 Å². The third-order valence-electron chi connectivity index (χ3n) is 2.66. The fourth-order valence-corrected chi connectivity index (χ4v) is 1.68. The number of carbonyl (C=O) groups is 1. The molecule has 14 heavy (non-hydrogen) atoms. The SMILES string of the molecule is CB(O)c1ccc(C(C)=O)c(C)c1C. The number of rotatable bonds is 2. The van der Waals surface area contributed by atoms with E-state index >= 15 is 0 Å². The van der Waals surface area contributed by atoms with Crippen LogP contribution in [0.5, 0.6) is 0 Å². The fraction of sp³-hybridized carbons (Fsp3) is 0.364. The molecule has 0 fully saturated rings. The van der Waals surface area contributed by atoms with Crippen LogP contribution in [0, 0.1) is 13.8 Å². The third kappa shape index (κ3) is 1.88. The van der Waals surface area contributed by atoms with Crippen LogP contribution in [-0.2, 0) is 0 Å². The van der Waals surface area contributed by atoms with Crippen LogP contribution in [0.2, 0.25) is 6.82 Å². The molecule has 0 atom stereocenters. The van der Waals surface area contributed by atoms with E-state index in [9.17, 15) is 9.82 Å². The summed E-state index contributed by atoms with van der Waals surface area (Å²) in [4.78, 5) is 11.2. The van der Waals surface area contributed by atoms with Gasteiger partial charge in [0.2, 0.25) is 0 Å². The van der Waals surface area contributed by atoms with Crippen molar-refractivity contribution in [2.24, 2.45) is 0 Å². The average Bonchev–Trinajstić information content (AvgIpc) is 2.08. The van der Waals surface area contributed by atoms with Gasteiger partial charge in [-0.1, -0.05) is 24.5 Å². The maximum Gasteiger partial charge on any atom is 0.320 e. The Balaban J connectivity index is 3.33. The van der Waals surface area contributed by atoms with E-state index in [1.165, 1.54) is 0 Å². The normalized spacial score (nSPS) is 10.1. The second-order valence-corrected chi connectivity index (χ2v) is 3.68. The van der Waals surface area contributed by atoms with Crippen LogP contribution in [0.15, 0.2) is 12.1 Å². The number of carbonyl (C=O) groups excluding carboxylic acids is 1. The first-order valence-electron chi connectivity index (χ1n) is 4.74. The topological polar surface area (TPSA) is 37.3 Å². The molecule has 0 aliphatic heterocycles. The molecular formula is C11H15BO2. The van der Waals surface area contributed by atoms with Gasteiger partial charge in [0.15, 0.2) is 5.78 Å². The average molecular weight is 190 g/mol. The molecule has 0 saturated carbocycles. The van der Waals surface area contributed by atoms with Crippen LogP contribution in [0.1, 0.15) is 28.4 Å². The molecule has 0 bridgehead atoms. The summed E-state index contributed by atoms with van der Waals surface area (Å²) in [6.45, 7) is 6.66. The van der Waals surface area contributed by atoms with Crippen molar-refractivity contribution < 1.29 is 9.82 Å². The van der Waals surface area contributed by atoms with E-state index in [0.29, 0.717) is 0 Å². The van der Waals surface area contributed by atoms with Gasteiger partial charge in [-0.2, -0.15) is 0 Å². The Bertz CT molecular complexity index is 370. The number of ketones is 1. The molecule has 0 radical (unpaired) electrons. The van der Waals surface area contributed by atoms with Gasteiger partial charge in [0, 0.05) is 5.56 Å². The molecule has 2 nitrogen and oxygen atoms in total. The van der Waals surface area contributed by atoms with Crippen LogP contribution >= 0.6 is 0 Å². The zero-order valence-corrected chi connectivity index (χ0v) is 9.09. The number of hydrogen-bond acceptors (Lipinski definition) is 2. The van der Waals surface area contributed by atoms with Crippen molar-refractivity contribution in [2.75, 3.05) is 0 Å². The molecule has 0 saturated heterocycles. The Hall–Kier alpha value is -1.09. The van der Waals surface area contributed by atoms with E-state index in [1.807, 2.05) is 19.9 Å². The van der Waals surface area contributed by atoms with Gasteiger partial charge < -0.3 is 5.02 Å². The lowest BCUT2D eigenvalue weighted by molar-refractivity contribution is 0.101. The van der Waals surface area contributed by atoms with Crippen LogP contribution in [0.25, 0.3) is 0 Å². The van der Waals surface area contributed by atoms with Crippen molar-refractivity contribution >= 4 is 18.2 Å². The minimum atomic E-state index is -0.477. The monoisotopic (exact) mass is 190 g/mol. The number of benzene rings is 1. The zero-order chi connectivity index (χ0) is 10.9. The van der Waals surface area contributed by atoms with E-state index in [0.717, 1.165) is 22.2 Å². The molecule has 0 aliphatic rings. The quantitative estimate of drug-likeness (QED) is 0.564. The van der Waals surface area contributed by atoms with E-state index in [1.54, 1.807) is 19.8 Å². The summed E-state index contributed by atoms with van der Waals surface area (Å²) in [7, 11) is 0. The van der Waals surface area contributed by atoms with Crippen LogP contribution in [0.4, 0.5) is 0 Å². The Morgan fingerprint density at radius 1 is 1.29 bits per heavy atom. The van der Waals surface area contributed by atoms with Gasteiger partial charge in [0.05, 0.1) is 0 Å². The molecule has 0 aromatic heterocycles. The van der Waals surface area contributed by atoms with Crippen LogP contribution < -0.4 is 5.46 Å². The lowest BCUT2D eigenvalue weighted by atomic mass is 9.62. The summed E-state index contributed by atoms with van der Waals surface area (Å²) in [5.74, 6) is 0.0720. The van der Waals surface area contributed by atoms with Crippen molar-refractivity contribution in [1.29, 1.82) is 0 Å². The van der Waals surface area contributed by atoms with E-state index < -0.39 is 6.92 Å². The highest BCUT2D eigenvalue weighted by Crippen LogP contribution is 2.12. The van der Waals surface area contributed by atoms with Gasteiger partial charge in [0.25, 0.3) is 0 Å². The van der Waals surface area contributed by atoms with Gasteiger partial charge in [-0.3, -0.25) is 4.79 Å². The zero-order valence-electron chi connectivity index (χ0n) is 9.09. The Kier molecular flexibility index (Phi) is 3.12. The highest BCUT2D eigenvalue weighted by Gasteiger charge is 2.14. The highest BCUT2D eigenvalue weighted by molar-refractivity contribution is 6.65. The van der Waals surface area contributed by atoms with Crippen molar-refractivity contribution in [3.8, 4) is 0 Å². The molecule has 74 valence electrons. The Morgan fingerprint density at radius 3 is 2.29 bits per heavy atom. The second-order valence-electron chi connectivity index (χ2n) is 3.68. The van der Waals surface area contributed by atoms with Crippen molar-refractivity contribution in [3.05, 3.63) is 28.8 Å². The molecule has 0 aliphatic carbocycles. The molecule has 1 aromatic carbocycles. The summed E-state index contributed by atoms with van der Waals surface area (Å²) in [6.07, 6.45) is 0. The predicted octanol–water partition coefficient (Wildman–Crippen LogP) is 1.33. The summed E-state index contributed by atoms with van der Waals surface area (Å²) in [5, 5.41) is 9.47. The summed E-state index contributed by atoms with van der Waals surface area (Å²) < 4.78 is 0. The lowest BCUT2D eigenvalue weighted by Gasteiger charge is -2.11. The minimum Gasteiger partial charge on any atom is -0.446 e. The van der Waals surface area contributed by atoms with Crippen molar-refractivity contribution in [2.45, 2.75) is 27.6 Å². The minimum absolute atomic E-state index is 0.0720. The molecule has 1 aromatic rings. The first-order chi connectivity index (χ1) is 6.45. The van der Waals surface area contributed by atoms with Gasteiger partial charge in [-0.05, 0) is 31.8 Å². The predicted molar refractivity (Wildman–Crippen MR) is 59.4 cm³/mol. The van der Waals surface area contributed by atoms with Gasteiger partial charge in [-0.15, -0.1) is 0 Å². The van der Waals surface area contributed by atoms with Crippen LogP contribution in [0.3, 0.4) is 0 Å². The standard InChI is InChI=1S/C11H15BO2/c1-7-8(2)11(12(4)14)6-5-10(7)9(3)13/h5-6,14H,1-4H3. The first kappa shape index (κ1) is 11.0. The largest absolute Gasteiger partial charge is 0.446 e. The Morgan fingerprint density at radius 2 is 1.86 bits per heavy atom. The smallest absolute Gasteiger partial charge is 0.320 e. The van der Waals surface area contributed by atoms with E-state index in [4.69, 9.17) is 0 Å². The van der Waals surface area contributed by atoms with Gasteiger partial charge in [-0.25, -0.2) is 0 Å². The molecule has 1 N–H and O–H groups in total. The second kappa shape index (κ2) is 3.97. The molecule has 0 heterocycles. The van der Waals surface area contributed by atoms with Gasteiger partial charge >= 0.3 is 6.92 Å². The maximum absolute atomic E-state index is 11.2. The lowest BCUT2D eigenvalue weighted by Crippen LogP contribution is -2.29. The molecular weight excluding hydrogens is 175 g/mol. The number of Topliss-reactive ketones (excluding diaryl/α,β-unsaturated/α-hetero) is 1. The molecule has 0 spiro atoms. The summed E-state index contributed by atoms with van der Waals surface area (Å²) in [6, 6.07) is 3.61.